The van der Waals surface area contributed by atoms with Gasteiger partial charge in [0.05, 0.1) is 17.2 Å². The lowest BCUT2D eigenvalue weighted by Crippen LogP contribution is -2.25. The van der Waals surface area contributed by atoms with Gasteiger partial charge in [-0.05, 0) is 43.6 Å². The summed E-state index contributed by atoms with van der Waals surface area (Å²) in [5.74, 6) is 0.522. The first kappa shape index (κ1) is 11.7. The third-order valence-electron chi connectivity index (χ3n) is 3.40. The number of rotatable bonds is 2. The van der Waals surface area contributed by atoms with Crippen molar-refractivity contribution in [3.63, 3.8) is 0 Å². The molecule has 18 heavy (non-hydrogen) atoms. The minimum atomic E-state index is 0.0172. The largest absolute Gasteiger partial charge is 0.316 e. The molecule has 1 aromatic heterocycles. The van der Waals surface area contributed by atoms with Crippen LogP contribution in [0.4, 0.5) is 0 Å². The summed E-state index contributed by atoms with van der Waals surface area (Å²) < 4.78 is 1.70. The Morgan fingerprint density at radius 3 is 3.17 bits per heavy atom. The van der Waals surface area contributed by atoms with Gasteiger partial charge in [0.25, 0.3) is 5.56 Å². The standard InChI is InChI=1S/C13H14ClN3O/c14-10-1-2-11-12(5-10)16-8-17(13(11)18)7-9-3-4-15-6-9/h1-2,5,8-9,15H,3-4,6-7H2. The number of benzene rings is 1. The molecule has 0 bridgehead atoms. The molecule has 0 saturated carbocycles. The van der Waals surface area contributed by atoms with Crippen LogP contribution >= 0.6 is 11.6 Å². The molecular weight excluding hydrogens is 250 g/mol. The van der Waals surface area contributed by atoms with Crippen LogP contribution in [0.3, 0.4) is 0 Å². The van der Waals surface area contributed by atoms with Crippen LogP contribution in [-0.2, 0) is 6.54 Å². The number of aromatic nitrogens is 2. The van der Waals surface area contributed by atoms with Crippen molar-refractivity contribution in [1.29, 1.82) is 0 Å². The van der Waals surface area contributed by atoms with Crippen LogP contribution in [0.5, 0.6) is 0 Å². The molecule has 0 spiro atoms. The molecule has 1 N–H and O–H groups in total. The molecule has 1 aliphatic heterocycles. The summed E-state index contributed by atoms with van der Waals surface area (Å²) in [7, 11) is 0. The Kier molecular flexibility index (Phi) is 3.06. The van der Waals surface area contributed by atoms with E-state index < -0.39 is 0 Å². The number of hydrogen-bond acceptors (Lipinski definition) is 3. The van der Waals surface area contributed by atoms with E-state index in [-0.39, 0.29) is 5.56 Å². The molecule has 2 heterocycles. The van der Waals surface area contributed by atoms with Crippen LogP contribution in [0, 0.1) is 5.92 Å². The highest BCUT2D eigenvalue weighted by Gasteiger charge is 2.16. The molecule has 1 fully saturated rings. The van der Waals surface area contributed by atoms with Gasteiger partial charge in [0.2, 0.25) is 0 Å². The second-order valence-electron chi connectivity index (χ2n) is 4.72. The van der Waals surface area contributed by atoms with E-state index >= 15 is 0 Å². The van der Waals surface area contributed by atoms with E-state index in [0.717, 1.165) is 26.1 Å². The Bertz CT molecular complexity index is 632. The zero-order chi connectivity index (χ0) is 12.5. The zero-order valence-corrected chi connectivity index (χ0v) is 10.7. The van der Waals surface area contributed by atoms with E-state index in [2.05, 4.69) is 10.3 Å². The highest BCUT2D eigenvalue weighted by molar-refractivity contribution is 6.31. The molecule has 3 rings (SSSR count). The van der Waals surface area contributed by atoms with Gasteiger partial charge in [-0.3, -0.25) is 9.36 Å². The van der Waals surface area contributed by atoms with E-state index in [1.54, 1.807) is 29.1 Å². The monoisotopic (exact) mass is 263 g/mol. The maximum Gasteiger partial charge on any atom is 0.261 e. The Hall–Kier alpha value is -1.39. The Balaban J connectivity index is 2.00. The molecule has 0 amide bonds. The van der Waals surface area contributed by atoms with Gasteiger partial charge in [0.1, 0.15) is 0 Å². The molecule has 2 aromatic rings. The second kappa shape index (κ2) is 4.71. The minimum absolute atomic E-state index is 0.0172. The molecule has 4 nitrogen and oxygen atoms in total. The topological polar surface area (TPSA) is 46.9 Å². The second-order valence-corrected chi connectivity index (χ2v) is 5.16. The number of fused-ring (bicyclic) bond motifs is 1. The number of halogens is 1. The van der Waals surface area contributed by atoms with E-state index in [9.17, 15) is 4.79 Å². The summed E-state index contributed by atoms with van der Waals surface area (Å²) in [6, 6.07) is 5.20. The molecule has 1 unspecified atom stereocenters. The summed E-state index contributed by atoms with van der Waals surface area (Å²) in [6.45, 7) is 2.75. The average molecular weight is 264 g/mol. The highest BCUT2D eigenvalue weighted by atomic mass is 35.5. The van der Waals surface area contributed by atoms with Gasteiger partial charge in [-0.1, -0.05) is 11.6 Å². The molecule has 0 aliphatic carbocycles. The maximum atomic E-state index is 12.3. The van der Waals surface area contributed by atoms with Crippen molar-refractivity contribution in [2.24, 2.45) is 5.92 Å². The van der Waals surface area contributed by atoms with E-state index in [0.29, 0.717) is 21.8 Å². The Morgan fingerprint density at radius 2 is 2.39 bits per heavy atom. The van der Waals surface area contributed by atoms with Gasteiger partial charge in [0, 0.05) is 11.6 Å². The van der Waals surface area contributed by atoms with Gasteiger partial charge >= 0.3 is 0 Å². The molecular formula is C13H14ClN3O. The molecule has 5 heteroatoms. The molecule has 1 aliphatic rings. The Morgan fingerprint density at radius 1 is 1.50 bits per heavy atom. The fraction of sp³-hybridized carbons (Fsp3) is 0.385. The Labute approximate surface area is 110 Å². The third-order valence-corrected chi connectivity index (χ3v) is 3.64. The fourth-order valence-electron chi connectivity index (χ4n) is 2.41. The van der Waals surface area contributed by atoms with Crippen molar-refractivity contribution in [3.05, 3.63) is 39.9 Å². The van der Waals surface area contributed by atoms with E-state index in [4.69, 9.17) is 11.6 Å². The van der Waals surface area contributed by atoms with Crippen molar-refractivity contribution >= 4 is 22.5 Å². The zero-order valence-electron chi connectivity index (χ0n) is 9.90. The van der Waals surface area contributed by atoms with Gasteiger partial charge in [-0.2, -0.15) is 0 Å². The first-order valence-corrected chi connectivity index (χ1v) is 6.47. The van der Waals surface area contributed by atoms with Crippen molar-refractivity contribution < 1.29 is 0 Å². The molecule has 0 radical (unpaired) electrons. The van der Waals surface area contributed by atoms with Crippen LogP contribution in [-0.4, -0.2) is 22.6 Å². The van der Waals surface area contributed by atoms with Crippen LogP contribution in [0.2, 0.25) is 5.02 Å². The summed E-state index contributed by atoms with van der Waals surface area (Å²) in [5.41, 5.74) is 0.678. The predicted molar refractivity (Wildman–Crippen MR) is 72.0 cm³/mol. The van der Waals surface area contributed by atoms with Crippen LogP contribution in [0.1, 0.15) is 6.42 Å². The predicted octanol–water partition coefficient (Wildman–Crippen LogP) is 1.66. The van der Waals surface area contributed by atoms with Crippen LogP contribution < -0.4 is 10.9 Å². The SMILES string of the molecule is O=c1c2ccc(Cl)cc2ncn1CC1CCNC1. The smallest absolute Gasteiger partial charge is 0.261 e. The third kappa shape index (κ3) is 2.13. The first-order chi connectivity index (χ1) is 8.74. The van der Waals surface area contributed by atoms with E-state index in [1.807, 2.05) is 0 Å². The van der Waals surface area contributed by atoms with Crippen molar-refractivity contribution in [3.8, 4) is 0 Å². The lowest BCUT2D eigenvalue weighted by atomic mass is 10.1. The minimum Gasteiger partial charge on any atom is -0.316 e. The van der Waals surface area contributed by atoms with Crippen molar-refractivity contribution in [1.82, 2.24) is 14.9 Å². The molecule has 1 atom stereocenters. The highest BCUT2D eigenvalue weighted by Crippen LogP contribution is 2.15. The lowest BCUT2D eigenvalue weighted by molar-refractivity contribution is 0.470. The fourth-order valence-corrected chi connectivity index (χ4v) is 2.58. The van der Waals surface area contributed by atoms with Gasteiger partial charge in [-0.15, -0.1) is 0 Å². The molecule has 94 valence electrons. The quantitative estimate of drug-likeness (QED) is 0.896. The number of hydrogen-bond donors (Lipinski definition) is 1. The average Bonchev–Trinajstić information content (AvgIpc) is 2.85. The van der Waals surface area contributed by atoms with Crippen molar-refractivity contribution in [2.75, 3.05) is 13.1 Å². The van der Waals surface area contributed by atoms with Gasteiger partial charge < -0.3 is 5.32 Å². The summed E-state index contributed by atoms with van der Waals surface area (Å²) >= 11 is 5.89. The van der Waals surface area contributed by atoms with Gasteiger partial charge in [0.15, 0.2) is 0 Å². The number of nitrogens with zero attached hydrogens (tertiary/aromatic N) is 2. The number of nitrogens with one attached hydrogen (secondary N) is 1. The van der Waals surface area contributed by atoms with Crippen LogP contribution in [0.25, 0.3) is 10.9 Å². The normalized spacial score (nSPS) is 19.5. The molecule has 1 saturated heterocycles. The summed E-state index contributed by atoms with van der Waals surface area (Å²) in [4.78, 5) is 16.6. The van der Waals surface area contributed by atoms with Crippen LogP contribution in [0.15, 0.2) is 29.3 Å². The van der Waals surface area contributed by atoms with Crippen molar-refractivity contribution in [2.45, 2.75) is 13.0 Å². The first-order valence-electron chi connectivity index (χ1n) is 6.09. The van der Waals surface area contributed by atoms with Gasteiger partial charge in [-0.25, -0.2) is 4.98 Å². The lowest BCUT2D eigenvalue weighted by Gasteiger charge is -2.11. The maximum absolute atomic E-state index is 12.3. The van der Waals surface area contributed by atoms with E-state index in [1.165, 1.54) is 0 Å². The summed E-state index contributed by atoms with van der Waals surface area (Å²) in [5, 5.41) is 4.54. The summed E-state index contributed by atoms with van der Waals surface area (Å²) in [6.07, 6.45) is 2.74. The molecule has 1 aromatic carbocycles.